The maximum absolute atomic E-state index is 13.1. The maximum Gasteiger partial charge on any atom is 0.408 e. The summed E-state index contributed by atoms with van der Waals surface area (Å²) >= 11 is 0. The van der Waals surface area contributed by atoms with E-state index in [4.69, 9.17) is 4.74 Å². The molecule has 1 unspecified atom stereocenters. The van der Waals surface area contributed by atoms with Crippen LogP contribution in [0.3, 0.4) is 0 Å². The number of alkyl carbamates (subject to hydrolysis) is 1. The van der Waals surface area contributed by atoms with Crippen LogP contribution in [0, 0.1) is 6.92 Å². The molecule has 8 heteroatoms. The number of benzene rings is 1. The summed E-state index contributed by atoms with van der Waals surface area (Å²) in [5, 5.41) is 14.8. The zero-order chi connectivity index (χ0) is 23.1. The molecular weight excluding hydrogens is 386 g/mol. The number of aliphatic hydroxyl groups excluding tert-OH is 1. The number of aryl methyl sites for hydroxylation is 1. The smallest absolute Gasteiger partial charge is 0.408 e. The first-order chi connectivity index (χ1) is 13.7. The Labute approximate surface area is 179 Å². The number of hydrogen-bond acceptors (Lipinski definition) is 5. The molecule has 3 amide bonds. The van der Waals surface area contributed by atoms with Gasteiger partial charge in [0.05, 0.1) is 6.61 Å². The van der Waals surface area contributed by atoms with Crippen molar-refractivity contribution in [2.24, 2.45) is 0 Å². The highest BCUT2D eigenvalue weighted by atomic mass is 16.6. The largest absolute Gasteiger partial charge is 0.444 e. The Morgan fingerprint density at radius 3 is 2.10 bits per heavy atom. The third kappa shape index (κ3) is 8.82. The Hall–Kier alpha value is -2.61. The molecule has 1 aromatic carbocycles. The van der Waals surface area contributed by atoms with Crippen molar-refractivity contribution in [2.45, 2.75) is 65.6 Å². The van der Waals surface area contributed by atoms with E-state index in [0.29, 0.717) is 5.56 Å². The third-order valence-electron chi connectivity index (χ3n) is 3.90. The van der Waals surface area contributed by atoms with Gasteiger partial charge in [-0.2, -0.15) is 0 Å². The molecule has 0 bridgehead atoms. The van der Waals surface area contributed by atoms with Gasteiger partial charge in [0.25, 0.3) is 0 Å². The van der Waals surface area contributed by atoms with Gasteiger partial charge in [0.15, 0.2) is 0 Å². The van der Waals surface area contributed by atoms with E-state index in [2.05, 4.69) is 10.6 Å². The van der Waals surface area contributed by atoms with Crippen LogP contribution in [-0.2, 0) is 14.3 Å². The summed E-state index contributed by atoms with van der Waals surface area (Å²) in [7, 11) is 0. The Morgan fingerprint density at radius 2 is 1.63 bits per heavy atom. The average Bonchev–Trinajstić information content (AvgIpc) is 2.57. The average molecular weight is 422 g/mol. The molecule has 0 radical (unpaired) electrons. The number of aliphatic hydroxyl groups is 1. The van der Waals surface area contributed by atoms with E-state index in [1.165, 1.54) is 4.90 Å². The molecule has 0 aromatic heterocycles. The molecule has 1 aromatic rings. The van der Waals surface area contributed by atoms with Gasteiger partial charge in [-0.05, 0) is 54.0 Å². The predicted octanol–water partition coefficient (Wildman–Crippen LogP) is 2.30. The minimum atomic E-state index is -0.954. The summed E-state index contributed by atoms with van der Waals surface area (Å²) in [5.41, 5.74) is 0.416. The highest BCUT2D eigenvalue weighted by Crippen LogP contribution is 2.23. The number of carbonyl (C=O) groups excluding carboxylic acids is 3. The summed E-state index contributed by atoms with van der Waals surface area (Å²) in [4.78, 5) is 39.2. The summed E-state index contributed by atoms with van der Waals surface area (Å²) in [6.07, 6.45) is -0.731. The van der Waals surface area contributed by atoms with Crippen molar-refractivity contribution in [2.75, 3.05) is 19.7 Å². The molecule has 0 heterocycles. The summed E-state index contributed by atoms with van der Waals surface area (Å²) in [6.45, 7) is 11.9. The Morgan fingerprint density at radius 1 is 1.07 bits per heavy atom. The molecule has 0 spiro atoms. The summed E-state index contributed by atoms with van der Waals surface area (Å²) in [6, 6.07) is 6.31. The fraction of sp³-hybridized carbons (Fsp3) is 0.591. The lowest BCUT2D eigenvalue weighted by atomic mass is 10.0. The second-order valence-electron chi connectivity index (χ2n) is 9.22. The third-order valence-corrected chi connectivity index (χ3v) is 3.90. The Bertz CT molecular complexity index is 733. The van der Waals surface area contributed by atoms with Crippen LogP contribution in [0.25, 0.3) is 0 Å². The van der Waals surface area contributed by atoms with E-state index in [1.54, 1.807) is 32.9 Å². The predicted molar refractivity (Wildman–Crippen MR) is 115 cm³/mol. The number of nitrogens with one attached hydrogen (secondary N) is 2. The van der Waals surface area contributed by atoms with Gasteiger partial charge in [0.1, 0.15) is 18.2 Å². The normalized spacial score (nSPS) is 12.7. The zero-order valence-electron chi connectivity index (χ0n) is 19.0. The van der Waals surface area contributed by atoms with Gasteiger partial charge in [-0.15, -0.1) is 0 Å². The minimum Gasteiger partial charge on any atom is -0.444 e. The number of hydrogen-bond donors (Lipinski definition) is 3. The number of nitrogens with zero attached hydrogens (tertiary/aromatic N) is 1. The molecule has 0 saturated heterocycles. The van der Waals surface area contributed by atoms with Crippen molar-refractivity contribution >= 4 is 17.9 Å². The lowest BCUT2D eigenvalue weighted by Gasteiger charge is -2.33. The van der Waals surface area contributed by atoms with E-state index in [-0.39, 0.29) is 25.6 Å². The van der Waals surface area contributed by atoms with Crippen LogP contribution < -0.4 is 10.6 Å². The lowest BCUT2D eigenvalue weighted by molar-refractivity contribution is -0.141. The van der Waals surface area contributed by atoms with Crippen LogP contribution >= 0.6 is 0 Å². The van der Waals surface area contributed by atoms with Gasteiger partial charge < -0.3 is 25.4 Å². The quantitative estimate of drug-likeness (QED) is 0.626. The van der Waals surface area contributed by atoms with Crippen LogP contribution in [0.4, 0.5) is 4.79 Å². The summed E-state index contributed by atoms with van der Waals surface area (Å²) < 4.78 is 5.15. The van der Waals surface area contributed by atoms with Crippen LogP contribution in [-0.4, -0.2) is 58.8 Å². The molecule has 8 nitrogen and oxygen atoms in total. The van der Waals surface area contributed by atoms with Crippen molar-refractivity contribution in [3.8, 4) is 0 Å². The minimum absolute atomic E-state index is 0.0645. The summed E-state index contributed by atoms with van der Waals surface area (Å²) in [5.74, 6) is -0.880. The van der Waals surface area contributed by atoms with Gasteiger partial charge in [0.2, 0.25) is 11.8 Å². The van der Waals surface area contributed by atoms with Crippen molar-refractivity contribution in [3.63, 3.8) is 0 Å². The van der Waals surface area contributed by atoms with Crippen molar-refractivity contribution in [3.05, 3.63) is 35.4 Å². The van der Waals surface area contributed by atoms with E-state index in [1.807, 2.05) is 39.8 Å². The SMILES string of the molecule is Cc1ccc(C(C(=O)NC(C)(C)C)N(CCO)C(=O)CNC(=O)OC(C)(C)C)cc1. The highest BCUT2D eigenvalue weighted by Gasteiger charge is 2.33. The van der Waals surface area contributed by atoms with Crippen LogP contribution in [0.1, 0.15) is 58.7 Å². The van der Waals surface area contributed by atoms with Gasteiger partial charge in [-0.25, -0.2) is 4.79 Å². The molecule has 0 fully saturated rings. The molecule has 0 saturated carbocycles. The zero-order valence-corrected chi connectivity index (χ0v) is 19.0. The number of ether oxygens (including phenoxy) is 1. The fourth-order valence-electron chi connectivity index (χ4n) is 2.73. The second-order valence-corrected chi connectivity index (χ2v) is 9.22. The molecule has 168 valence electrons. The fourth-order valence-corrected chi connectivity index (χ4v) is 2.73. The molecule has 3 N–H and O–H groups in total. The Kier molecular flexibility index (Phi) is 8.84. The van der Waals surface area contributed by atoms with Crippen molar-refractivity contribution in [1.82, 2.24) is 15.5 Å². The number of amides is 3. The first-order valence-corrected chi connectivity index (χ1v) is 9.99. The van der Waals surface area contributed by atoms with Crippen molar-refractivity contribution < 1.29 is 24.2 Å². The van der Waals surface area contributed by atoms with Gasteiger partial charge >= 0.3 is 6.09 Å². The lowest BCUT2D eigenvalue weighted by Crippen LogP contribution is -2.51. The number of rotatable bonds is 7. The number of carbonyl (C=O) groups is 3. The molecule has 1 atom stereocenters. The monoisotopic (exact) mass is 421 g/mol. The van der Waals surface area contributed by atoms with Crippen LogP contribution in [0.2, 0.25) is 0 Å². The molecular formula is C22H35N3O5. The molecule has 1 rings (SSSR count). The van der Waals surface area contributed by atoms with Crippen LogP contribution in [0.15, 0.2) is 24.3 Å². The van der Waals surface area contributed by atoms with E-state index in [0.717, 1.165) is 5.56 Å². The molecule has 0 aliphatic carbocycles. The molecule has 0 aliphatic rings. The van der Waals surface area contributed by atoms with E-state index in [9.17, 15) is 19.5 Å². The first kappa shape index (κ1) is 25.4. The van der Waals surface area contributed by atoms with E-state index >= 15 is 0 Å². The van der Waals surface area contributed by atoms with Crippen LogP contribution in [0.5, 0.6) is 0 Å². The topological polar surface area (TPSA) is 108 Å². The van der Waals surface area contributed by atoms with E-state index < -0.39 is 29.2 Å². The highest BCUT2D eigenvalue weighted by molar-refractivity contribution is 5.90. The van der Waals surface area contributed by atoms with Gasteiger partial charge in [0, 0.05) is 12.1 Å². The van der Waals surface area contributed by atoms with Gasteiger partial charge in [-0.3, -0.25) is 9.59 Å². The molecule has 30 heavy (non-hydrogen) atoms. The standard InChI is InChI=1S/C22H35N3O5/c1-15-8-10-16(11-9-15)18(19(28)24-21(2,3)4)25(12-13-26)17(27)14-23-20(29)30-22(5,6)7/h8-11,18,26H,12-14H2,1-7H3,(H,23,29)(H,24,28). The second kappa shape index (κ2) is 10.4. The molecule has 0 aliphatic heterocycles. The first-order valence-electron chi connectivity index (χ1n) is 9.99. The maximum atomic E-state index is 13.1. The van der Waals surface area contributed by atoms with Gasteiger partial charge in [-0.1, -0.05) is 29.8 Å². The Balaban J connectivity index is 3.13. The van der Waals surface area contributed by atoms with Crippen molar-refractivity contribution in [1.29, 1.82) is 0 Å².